The maximum atomic E-state index is 15.1. The van der Waals surface area contributed by atoms with E-state index in [2.05, 4.69) is 65.9 Å². The van der Waals surface area contributed by atoms with Crippen LogP contribution >= 0.6 is 0 Å². The van der Waals surface area contributed by atoms with Gasteiger partial charge in [-0.1, -0.05) is 6.92 Å². The molecule has 3 amide bonds. The highest BCUT2D eigenvalue weighted by Gasteiger charge is 2.37. The number of ether oxygens (including phenoxy) is 1. The van der Waals surface area contributed by atoms with Crippen molar-refractivity contribution in [2.45, 2.75) is 70.4 Å². The molecule has 2 saturated heterocycles. The van der Waals surface area contributed by atoms with E-state index < -0.39 is 29.4 Å². The van der Waals surface area contributed by atoms with E-state index in [-0.39, 0.29) is 36.3 Å². The molecule has 2 aromatic carbocycles. The van der Waals surface area contributed by atoms with Gasteiger partial charge in [-0.05, 0) is 87.4 Å². The van der Waals surface area contributed by atoms with Gasteiger partial charge in [0.2, 0.25) is 23.7 Å². The van der Waals surface area contributed by atoms with Gasteiger partial charge < -0.3 is 25.2 Å². The molecule has 6 heterocycles. The molecule has 5 aliphatic rings. The lowest BCUT2D eigenvalue weighted by Gasteiger charge is -2.47. The number of nitrogens with zero attached hydrogens (tertiary/aromatic N) is 7. The van der Waals surface area contributed by atoms with Crippen LogP contribution in [0, 0.1) is 24.5 Å². The summed E-state index contributed by atoms with van der Waals surface area (Å²) in [5.74, 6) is -2.63. The molecule has 14 nitrogen and oxygen atoms in total. The van der Waals surface area contributed by atoms with Gasteiger partial charge in [0.25, 0.3) is 5.91 Å². The third kappa shape index (κ3) is 7.73. The number of pyridine rings is 1. The molecule has 3 N–H and O–H groups in total. The topological polar surface area (TPSA) is 149 Å². The number of hydrogen-bond donors (Lipinski definition) is 3. The van der Waals surface area contributed by atoms with Crippen molar-refractivity contribution < 1.29 is 27.9 Å². The summed E-state index contributed by atoms with van der Waals surface area (Å²) in [7, 11) is 1.84. The lowest BCUT2D eigenvalue weighted by atomic mass is 9.84. The molecule has 4 aliphatic heterocycles. The largest absolute Gasteiger partial charge is 0.477 e. The van der Waals surface area contributed by atoms with Gasteiger partial charge in [0, 0.05) is 86.5 Å². The van der Waals surface area contributed by atoms with Crippen molar-refractivity contribution in [2.24, 2.45) is 18.0 Å². The van der Waals surface area contributed by atoms with E-state index in [1.54, 1.807) is 23.0 Å². The maximum Gasteiger partial charge on any atom is 0.280 e. The summed E-state index contributed by atoms with van der Waals surface area (Å²) in [5.41, 5.74) is 5.54. The molecule has 0 spiro atoms. The number of amides is 3. The van der Waals surface area contributed by atoms with Gasteiger partial charge in [-0.25, -0.2) is 13.5 Å². The molecular weight excluding hydrogens is 759 g/mol. The number of carbonyl (C=O) groups is 3. The number of piperazine rings is 1. The minimum atomic E-state index is -1.02. The molecule has 4 aromatic rings. The molecule has 0 unspecified atom stereocenters. The first kappa shape index (κ1) is 38.6. The first-order valence-corrected chi connectivity index (χ1v) is 20.5. The number of halogens is 2. The van der Waals surface area contributed by atoms with Crippen LogP contribution in [0.5, 0.6) is 5.88 Å². The number of imide groups is 1. The summed E-state index contributed by atoms with van der Waals surface area (Å²) >= 11 is 0. The lowest BCUT2D eigenvalue weighted by Crippen LogP contribution is -2.56. The predicted molar refractivity (Wildman–Crippen MR) is 220 cm³/mol. The summed E-state index contributed by atoms with van der Waals surface area (Å²) in [6.45, 7) is 8.72. The van der Waals surface area contributed by atoms with Crippen LogP contribution in [-0.4, -0.2) is 94.8 Å². The fourth-order valence-corrected chi connectivity index (χ4v) is 9.04. The summed E-state index contributed by atoms with van der Waals surface area (Å²) in [5, 5.41) is 13.3. The second-order valence-electron chi connectivity index (χ2n) is 16.5. The van der Waals surface area contributed by atoms with Gasteiger partial charge in [0.15, 0.2) is 0 Å². The first-order chi connectivity index (χ1) is 28.5. The van der Waals surface area contributed by atoms with Crippen molar-refractivity contribution in [3.05, 3.63) is 77.1 Å². The van der Waals surface area contributed by atoms with Gasteiger partial charge in [0.1, 0.15) is 11.6 Å². The standard InChI is InChI=1S/C43H48F2N10O4/c1-24-5-4-14-59-42-32(22-46-52(42)3)36-16-26(15-25(2)47-36)40(57)51-43-49-35-8-6-29(21-37(35)55(43)23-24)53-10-12-54(13-11-53)30-17-27(18-30)48-28-19-33(44)39(34(45)20-28)31-7-9-38(56)50-41(31)58/h6,8,15-16,19-22,24,27,30-31,48H,4-5,7,9-14,17-18,23H2,1-3H3,(H,49,51,57)(H,50,56,58)/t24-,27-,30-,31-/m1/s1. The Morgan fingerprint density at radius 2 is 1.73 bits per heavy atom. The van der Waals surface area contributed by atoms with E-state index in [1.165, 1.54) is 12.1 Å². The molecule has 1 aliphatic carbocycles. The van der Waals surface area contributed by atoms with Crippen molar-refractivity contribution in [2.75, 3.05) is 59.8 Å². The smallest absolute Gasteiger partial charge is 0.280 e. The van der Waals surface area contributed by atoms with E-state index in [1.807, 2.05) is 14.0 Å². The van der Waals surface area contributed by atoms with Crippen LogP contribution in [0.15, 0.2) is 53.7 Å². The minimum absolute atomic E-state index is 0.0514. The van der Waals surface area contributed by atoms with E-state index in [0.29, 0.717) is 53.7 Å². The fraction of sp³-hybridized carbons (Fsp3) is 0.442. The Labute approximate surface area is 341 Å². The zero-order valence-electron chi connectivity index (χ0n) is 33.4. The van der Waals surface area contributed by atoms with Crippen molar-refractivity contribution in [1.29, 1.82) is 0 Å². The average molecular weight is 807 g/mol. The zero-order valence-corrected chi connectivity index (χ0v) is 33.4. The number of fused-ring (bicyclic) bond motifs is 7. The number of rotatable bonds is 5. The molecule has 0 radical (unpaired) electrons. The second-order valence-corrected chi connectivity index (χ2v) is 16.5. The number of benzene rings is 2. The van der Waals surface area contributed by atoms with Crippen molar-refractivity contribution in [3.8, 4) is 17.1 Å². The Morgan fingerprint density at radius 1 is 0.949 bits per heavy atom. The van der Waals surface area contributed by atoms with Gasteiger partial charge in [-0.2, -0.15) is 10.1 Å². The molecule has 308 valence electrons. The Bertz CT molecular complexity index is 2330. The number of anilines is 4. The van der Waals surface area contributed by atoms with Crippen molar-refractivity contribution >= 4 is 46.4 Å². The Kier molecular flexibility index (Phi) is 10.3. The number of hydrogen-bond acceptors (Lipinski definition) is 11. The molecular formula is C43H48F2N10O4. The van der Waals surface area contributed by atoms with Crippen molar-refractivity contribution in [3.63, 3.8) is 0 Å². The maximum absolute atomic E-state index is 15.1. The normalized spacial score (nSPS) is 24.6. The van der Waals surface area contributed by atoms with Gasteiger partial charge in [-0.3, -0.25) is 29.6 Å². The van der Waals surface area contributed by atoms with E-state index in [9.17, 15) is 14.4 Å². The average Bonchev–Trinajstić information content (AvgIpc) is 3.72. The summed E-state index contributed by atoms with van der Waals surface area (Å²) in [6, 6.07) is 12.8. The lowest BCUT2D eigenvalue weighted by molar-refractivity contribution is -0.134. The molecule has 59 heavy (non-hydrogen) atoms. The highest BCUT2D eigenvalue weighted by molar-refractivity contribution is 6.19. The highest BCUT2D eigenvalue weighted by Crippen LogP contribution is 2.39. The minimum Gasteiger partial charge on any atom is -0.477 e. The fourth-order valence-electron chi connectivity index (χ4n) is 9.04. The van der Waals surface area contributed by atoms with Gasteiger partial charge >= 0.3 is 0 Å². The predicted octanol–water partition coefficient (Wildman–Crippen LogP) is 5.59. The monoisotopic (exact) mass is 806 g/mol. The SMILES string of the molecule is Cc1cc2cc(n1)-c1cnn(C)c1OCCC[C@@H](C)CN1/C(=N/C2=O)Nc2ccc(N3CCN([C@H]4C[C@H](Nc5cc(F)c([C@H]6CCC(=O)NC6=O)c(F)c5)C4)CC3)cc21. The van der Waals surface area contributed by atoms with Crippen LogP contribution in [-0.2, 0) is 16.6 Å². The van der Waals surface area contributed by atoms with Crippen LogP contribution in [0.3, 0.4) is 0 Å². The molecule has 1 saturated carbocycles. The highest BCUT2D eigenvalue weighted by atomic mass is 19.1. The van der Waals surface area contributed by atoms with Crippen LogP contribution in [0.1, 0.15) is 73.0 Å². The molecule has 2 aromatic heterocycles. The second kappa shape index (κ2) is 15.7. The molecule has 9 rings (SSSR count). The van der Waals surface area contributed by atoms with Crippen LogP contribution in [0.4, 0.5) is 31.5 Å². The first-order valence-electron chi connectivity index (χ1n) is 20.5. The third-order valence-corrected chi connectivity index (χ3v) is 12.3. The number of aromatic nitrogens is 3. The number of piperidine rings is 1. The third-order valence-electron chi connectivity index (χ3n) is 12.3. The van der Waals surface area contributed by atoms with Crippen LogP contribution in [0.2, 0.25) is 0 Å². The molecule has 16 heteroatoms. The number of aryl methyl sites for hydroxylation is 2. The summed E-state index contributed by atoms with van der Waals surface area (Å²) in [4.78, 5) is 54.0. The molecule has 3 fully saturated rings. The van der Waals surface area contributed by atoms with Gasteiger partial charge in [-0.15, -0.1) is 0 Å². The van der Waals surface area contributed by atoms with E-state index in [0.717, 1.165) is 74.5 Å². The summed E-state index contributed by atoms with van der Waals surface area (Å²) < 4.78 is 38.1. The van der Waals surface area contributed by atoms with Gasteiger partial charge in [0.05, 0.1) is 41.4 Å². The zero-order chi connectivity index (χ0) is 40.9. The Balaban J connectivity index is 0.847. The van der Waals surface area contributed by atoms with Crippen LogP contribution in [0.25, 0.3) is 11.3 Å². The summed E-state index contributed by atoms with van der Waals surface area (Å²) in [6.07, 6.45) is 5.32. The molecule has 2 bridgehead atoms. The number of guanidine groups is 1. The molecule has 2 atom stereocenters. The quantitative estimate of drug-likeness (QED) is 0.217. The van der Waals surface area contributed by atoms with Crippen LogP contribution < -0.4 is 30.5 Å². The number of carbonyl (C=O) groups excluding carboxylic acids is 3. The Hall–Kier alpha value is -5.90. The number of nitrogens with one attached hydrogen (secondary N) is 3. The Morgan fingerprint density at radius 3 is 2.49 bits per heavy atom. The van der Waals surface area contributed by atoms with Crippen molar-refractivity contribution in [1.82, 2.24) is 25.0 Å². The van der Waals surface area contributed by atoms with E-state index in [4.69, 9.17) is 9.72 Å². The number of aliphatic imine (C=N–C) groups is 1. The van der Waals surface area contributed by atoms with E-state index >= 15 is 8.78 Å².